The minimum atomic E-state index is 0.187. The van der Waals surface area contributed by atoms with Crippen LogP contribution in [-0.4, -0.2) is 0 Å². The van der Waals surface area contributed by atoms with Gasteiger partial charge in [0.25, 0.3) is 0 Å². The molecule has 0 nitrogen and oxygen atoms in total. The highest BCUT2D eigenvalue weighted by Crippen LogP contribution is 2.43. The highest BCUT2D eigenvalue weighted by atomic mass is 35.5. The second-order valence-electron chi connectivity index (χ2n) is 5.97. The van der Waals surface area contributed by atoms with E-state index in [1.54, 1.807) is 0 Å². The van der Waals surface area contributed by atoms with Crippen LogP contribution in [0.15, 0.2) is 12.1 Å². The van der Waals surface area contributed by atoms with Crippen molar-refractivity contribution in [3.63, 3.8) is 0 Å². The summed E-state index contributed by atoms with van der Waals surface area (Å²) in [7, 11) is 0. The Morgan fingerprint density at radius 3 is 2.50 bits per heavy atom. The summed E-state index contributed by atoms with van der Waals surface area (Å²) in [5, 5.41) is 0.187. The van der Waals surface area contributed by atoms with Crippen LogP contribution in [0.4, 0.5) is 0 Å². The molecular formula is C15H21Cl. The van der Waals surface area contributed by atoms with Crippen molar-refractivity contribution >= 4 is 11.6 Å². The predicted octanol–water partition coefficient (Wildman–Crippen LogP) is 4.95. The molecule has 0 saturated carbocycles. The molecule has 0 aromatic heterocycles. The first-order chi connectivity index (χ1) is 7.39. The Kier molecular flexibility index (Phi) is 3.05. The molecule has 0 heterocycles. The zero-order chi connectivity index (χ0) is 11.9. The minimum Gasteiger partial charge on any atom is -0.118 e. The lowest BCUT2D eigenvalue weighted by atomic mass is 9.84. The summed E-state index contributed by atoms with van der Waals surface area (Å²) >= 11 is 6.56. The van der Waals surface area contributed by atoms with Gasteiger partial charge in [-0.15, -0.1) is 11.6 Å². The van der Waals surface area contributed by atoms with E-state index in [2.05, 4.69) is 39.8 Å². The Labute approximate surface area is 104 Å². The Balaban J connectivity index is 2.45. The molecule has 1 aliphatic rings. The summed E-state index contributed by atoms with van der Waals surface area (Å²) in [6.45, 7) is 9.02. The van der Waals surface area contributed by atoms with E-state index < -0.39 is 0 Å². The highest BCUT2D eigenvalue weighted by molar-refractivity contribution is 6.21. The molecule has 0 bridgehead atoms. The molecule has 0 fully saturated rings. The van der Waals surface area contributed by atoms with Gasteiger partial charge >= 0.3 is 0 Å². The number of hydrogen-bond donors (Lipinski definition) is 0. The zero-order valence-electron chi connectivity index (χ0n) is 10.7. The predicted molar refractivity (Wildman–Crippen MR) is 71.2 cm³/mol. The van der Waals surface area contributed by atoms with E-state index >= 15 is 0 Å². The van der Waals surface area contributed by atoms with Gasteiger partial charge in [0.15, 0.2) is 0 Å². The zero-order valence-corrected chi connectivity index (χ0v) is 11.5. The lowest BCUT2D eigenvalue weighted by molar-refractivity contribution is 0.313. The summed E-state index contributed by atoms with van der Waals surface area (Å²) in [6, 6.07) is 4.63. The van der Waals surface area contributed by atoms with Gasteiger partial charge in [0.05, 0.1) is 5.38 Å². The van der Waals surface area contributed by atoms with Gasteiger partial charge in [-0.25, -0.2) is 0 Å². The van der Waals surface area contributed by atoms with Crippen LogP contribution in [0.5, 0.6) is 0 Å². The van der Waals surface area contributed by atoms with Gasteiger partial charge in [-0.1, -0.05) is 26.0 Å². The topological polar surface area (TPSA) is 0 Å². The Bertz CT molecular complexity index is 404. The smallest absolute Gasteiger partial charge is 0.0593 e. The average molecular weight is 237 g/mol. The molecule has 0 aliphatic heterocycles. The van der Waals surface area contributed by atoms with Crippen LogP contribution in [0, 0.1) is 19.3 Å². The normalized spacial score (nSPS) is 23.7. The first-order valence-corrected chi connectivity index (χ1v) is 6.57. The number of aryl methyl sites for hydroxylation is 3. The van der Waals surface area contributed by atoms with E-state index in [4.69, 9.17) is 11.6 Å². The molecule has 2 rings (SSSR count). The molecule has 0 saturated heterocycles. The highest BCUT2D eigenvalue weighted by Gasteiger charge is 2.28. The van der Waals surface area contributed by atoms with E-state index in [9.17, 15) is 0 Å². The number of alkyl halides is 1. The van der Waals surface area contributed by atoms with Crippen LogP contribution in [0.3, 0.4) is 0 Å². The summed E-state index contributed by atoms with van der Waals surface area (Å²) in [5.41, 5.74) is 5.96. The second kappa shape index (κ2) is 4.07. The quantitative estimate of drug-likeness (QED) is 0.442. The Morgan fingerprint density at radius 1 is 1.19 bits per heavy atom. The lowest BCUT2D eigenvalue weighted by Crippen LogP contribution is -2.11. The first kappa shape index (κ1) is 12.0. The summed E-state index contributed by atoms with van der Waals surface area (Å²) < 4.78 is 0. The van der Waals surface area contributed by atoms with Crippen LogP contribution >= 0.6 is 11.6 Å². The summed E-state index contributed by atoms with van der Waals surface area (Å²) in [6.07, 6.45) is 3.50. The Hall–Kier alpha value is -0.490. The standard InChI is InChI=1S/C15H21Cl/c1-10-7-12-5-6-15(3,4)9-14(16)13(12)8-11(10)2/h7-8,14H,5-6,9H2,1-4H3. The van der Waals surface area contributed by atoms with Crippen molar-refractivity contribution in [1.29, 1.82) is 0 Å². The van der Waals surface area contributed by atoms with Crippen LogP contribution in [0.25, 0.3) is 0 Å². The van der Waals surface area contributed by atoms with Crippen molar-refractivity contribution in [2.24, 2.45) is 5.41 Å². The second-order valence-corrected chi connectivity index (χ2v) is 6.50. The fraction of sp³-hybridized carbons (Fsp3) is 0.600. The molecule has 0 radical (unpaired) electrons. The molecule has 1 aliphatic carbocycles. The summed E-state index contributed by atoms with van der Waals surface area (Å²) in [5.74, 6) is 0. The SMILES string of the molecule is Cc1cc2c(cc1C)C(Cl)CC(C)(C)CC2. The van der Waals surface area contributed by atoms with Gasteiger partial charge in [-0.2, -0.15) is 0 Å². The Morgan fingerprint density at radius 2 is 1.81 bits per heavy atom. The van der Waals surface area contributed by atoms with Crippen molar-refractivity contribution in [2.45, 2.75) is 52.3 Å². The molecular weight excluding hydrogens is 216 g/mol. The van der Waals surface area contributed by atoms with Crippen molar-refractivity contribution in [3.05, 3.63) is 34.4 Å². The third kappa shape index (κ3) is 2.27. The molecule has 1 atom stereocenters. The van der Waals surface area contributed by atoms with Gasteiger partial charge in [-0.3, -0.25) is 0 Å². The molecule has 88 valence electrons. The van der Waals surface area contributed by atoms with E-state index in [1.807, 2.05) is 0 Å². The van der Waals surface area contributed by atoms with E-state index in [0.29, 0.717) is 5.41 Å². The van der Waals surface area contributed by atoms with Crippen molar-refractivity contribution < 1.29 is 0 Å². The van der Waals surface area contributed by atoms with Gasteiger partial charge < -0.3 is 0 Å². The average Bonchev–Trinajstić information content (AvgIpc) is 2.27. The van der Waals surface area contributed by atoms with Crippen LogP contribution in [0.2, 0.25) is 0 Å². The number of benzene rings is 1. The molecule has 0 amide bonds. The van der Waals surface area contributed by atoms with Crippen LogP contribution in [-0.2, 0) is 6.42 Å². The van der Waals surface area contributed by atoms with Crippen molar-refractivity contribution in [2.75, 3.05) is 0 Å². The third-order valence-electron chi connectivity index (χ3n) is 3.90. The fourth-order valence-electron chi connectivity index (χ4n) is 2.58. The van der Waals surface area contributed by atoms with Crippen LogP contribution in [0.1, 0.15) is 54.3 Å². The van der Waals surface area contributed by atoms with Gasteiger partial charge in [0.2, 0.25) is 0 Å². The maximum absolute atomic E-state index is 6.56. The molecule has 0 spiro atoms. The monoisotopic (exact) mass is 236 g/mol. The van der Waals surface area contributed by atoms with E-state index in [0.717, 1.165) is 6.42 Å². The first-order valence-electron chi connectivity index (χ1n) is 6.13. The lowest BCUT2D eigenvalue weighted by Gasteiger charge is -2.23. The number of rotatable bonds is 0. The van der Waals surface area contributed by atoms with Gasteiger partial charge in [0.1, 0.15) is 0 Å². The van der Waals surface area contributed by atoms with Crippen molar-refractivity contribution in [3.8, 4) is 0 Å². The number of hydrogen-bond acceptors (Lipinski definition) is 0. The molecule has 1 heteroatoms. The molecule has 1 aromatic carbocycles. The molecule has 16 heavy (non-hydrogen) atoms. The van der Waals surface area contributed by atoms with E-state index in [1.165, 1.54) is 35.1 Å². The number of halogens is 1. The van der Waals surface area contributed by atoms with E-state index in [-0.39, 0.29) is 5.38 Å². The van der Waals surface area contributed by atoms with Gasteiger partial charge in [-0.05, 0) is 60.8 Å². The minimum absolute atomic E-state index is 0.187. The summed E-state index contributed by atoms with van der Waals surface area (Å²) in [4.78, 5) is 0. The molecule has 0 N–H and O–H groups in total. The maximum atomic E-state index is 6.56. The largest absolute Gasteiger partial charge is 0.118 e. The fourth-order valence-corrected chi connectivity index (χ4v) is 3.20. The third-order valence-corrected chi connectivity index (χ3v) is 4.29. The molecule has 1 unspecified atom stereocenters. The van der Waals surface area contributed by atoms with Crippen molar-refractivity contribution in [1.82, 2.24) is 0 Å². The maximum Gasteiger partial charge on any atom is 0.0593 e. The molecule has 1 aromatic rings. The van der Waals surface area contributed by atoms with Crippen LogP contribution < -0.4 is 0 Å². The van der Waals surface area contributed by atoms with Gasteiger partial charge in [0, 0.05) is 0 Å². The number of fused-ring (bicyclic) bond motifs is 1.